The molecular formula is C23H31NO2. The summed E-state index contributed by atoms with van der Waals surface area (Å²) in [6.07, 6.45) is 0.849. The summed E-state index contributed by atoms with van der Waals surface area (Å²) < 4.78 is 5.49. The van der Waals surface area contributed by atoms with Crippen LogP contribution in [0.25, 0.3) is 0 Å². The number of amides is 1. The van der Waals surface area contributed by atoms with Crippen molar-refractivity contribution in [2.75, 3.05) is 7.11 Å². The Morgan fingerprint density at radius 3 is 2.27 bits per heavy atom. The van der Waals surface area contributed by atoms with E-state index in [9.17, 15) is 4.79 Å². The van der Waals surface area contributed by atoms with Gasteiger partial charge in [-0.2, -0.15) is 0 Å². The fourth-order valence-corrected chi connectivity index (χ4v) is 3.42. The smallest absolute Gasteiger partial charge is 0.252 e. The second kappa shape index (κ2) is 8.39. The second-order valence-corrected chi connectivity index (χ2v) is 7.36. The molecular weight excluding hydrogens is 322 g/mol. The Bertz CT molecular complexity index is 793. The maximum Gasteiger partial charge on any atom is 0.252 e. The summed E-state index contributed by atoms with van der Waals surface area (Å²) in [5.41, 5.74) is 6.34. The van der Waals surface area contributed by atoms with Crippen molar-refractivity contribution in [2.45, 2.75) is 59.9 Å². The Hall–Kier alpha value is -2.29. The molecule has 0 bridgehead atoms. The number of benzene rings is 2. The first-order chi connectivity index (χ1) is 12.3. The summed E-state index contributed by atoms with van der Waals surface area (Å²) in [7, 11) is 1.67. The molecule has 0 aromatic heterocycles. The van der Waals surface area contributed by atoms with Crippen molar-refractivity contribution in [1.82, 2.24) is 5.32 Å². The van der Waals surface area contributed by atoms with Crippen LogP contribution in [0.15, 0.2) is 30.3 Å². The highest BCUT2D eigenvalue weighted by Crippen LogP contribution is 2.30. The van der Waals surface area contributed by atoms with E-state index in [2.05, 4.69) is 58.1 Å². The van der Waals surface area contributed by atoms with E-state index < -0.39 is 0 Å². The van der Waals surface area contributed by atoms with Crippen LogP contribution in [-0.4, -0.2) is 13.0 Å². The second-order valence-electron chi connectivity index (χ2n) is 7.36. The van der Waals surface area contributed by atoms with E-state index in [1.54, 1.807) is 7.11 Å². The molecule has 0 fully saturated rings. The number of aryl methyl sites for hydroxylation is 3. The van der Waals surface area contributed by atoms with Crippen molar-refractivity contribution in [3.05, 3.63) is 63.7 Å². The van der Waals surface area contributed by atoms with Crippen LogP contribution in [0, 0.1) is 20.8 Å². The highest BCUT2D eigenvalue weighted by molar-refractivity contribution is 5.96. The number of methoxy groups -OCH3 is 1. The summed E-state index contributed by atoms with van der Waals surface area (Å²) in [6, 6.07) is 10.3. The summed E-state index contributed by atoms with van der Waals surface area (Å²) in [6.45, 7) is 12.5. The van der Waals surface area contributed by atoms with Gasteiger partial charge >= 0.3 is 0 Å². The van der Waals surface area contributed by atoms with Crippen molar-refractivity contribution in [3.63, 3.8) is 0 Å². The first-order valence-electron chi connectivity index (χ1n) is 9.35. The van der Waals surface area contributed by atoms with Gasteiger partial charge in [0.05, 0.1) is 13.2 Å². The van der Waals surface area contributed by atoms with Gasteiger partial charge in [0.25, 0.3) is 5.91 Å². The number of hydrogen-bond donors (Lipinski definition) is 1. The Labute approximate surface area is 157 Å². The fraction of sp³-hybridized carbons (Fsp3) is 0.435. The number of hydrogen-bond acceptors (Lipinski definition) is 2. The molecule has 140 valence electrons. The van der Waals surface area contributed by atoms with Crippen molar-refractivity contribution in [2.24, 2.45) is 0 Å². The first-order valence-corrected chi connectivity index (χ1v) is 9.35. The van der Waals surface area contributed by atoms with E-state index in [0.29, 0.717) is 5.92 Å². The van der Waals surface area contributed by atoms with Gasteiger partial charge < -0.3 is 10.1 Å². The minimum absolute atomic E-state index is 0.00658. The third kappa shape index (κ3) is 4.27. The van der Waals surface area contributed by atoms with Crippen molar-refractivity contribution >= 4 is 5.91 Å². The summed E-state index contributed by atoms with van der Waals surface area (Å²) >= 11 is 0. The lowest BCUT2D eigenvalue weighted by Gasteiger charge is -2.22. The van der Waals surface area contributed by atoms with Crippen LogP contribution in [0.3, 0.4) is 0 Å². The van der Waals surface area contributed by atoms with E-state index in [1.807, 2.05) is 19.1 Å². The zero-order valence-corrected chi connectivity index (χ0v) is 17.1. The first kappa shape index (κ1) is 20.0. The molecule has 2 rings (SSSR count). The monoisotopic (exact) mass is 353 g/mol. The van der Waals surface area contributed by atoms with Crippen LogP contribution in [-0.2, 0) is 0 Å². The van der Waals surface area contributed by atoms with Crippen molar-refractivity contribution in [3.8, 4) is 5.75 Å². The molecule has 1 amide bonds. The van der Waals surface area contributed by atoms with Crippen LogP contribution >= 0.6 is 0 Å². The topological polar surface area (TPSA) is 38.3 Å². The quantitative estimate of drug-likeness (QED) is 0.731. The van der Waals surface area contributed by atoms with E-state index >= 15 is 0 Å². The zero-order valence-electron chi connectivity index (χ0n) is 17.1. The third-order valence-electron chi connectivity index (χ3n) is 4.96. The molecule has 2 aromatic carbocycles. The number of carbonyl (C=O) groups is 1. The SMILES string of the molecule is CC[C@@H](NC(=O)c1cc(C(C)C)c(OC)cc1C)c1ccc(C)cc1C. The highest BCUT2D eigenvalue weighted by atomic mass is 16.5. The van der Waals surface area contributed by atoms with Crippen LogP contribution < -0.4 is 10.1 Å². The Kier molecular flexibility index (Phi) is 6.47. The van der Waals surface area contributed by atoms with Gasteiger partial charge in [-0.1, -0.05) is 44.5 Å². The number of ether oxygens (including phenoxy) is 1. The fourth-order valence-electron chi connectivity index (χ4n) is 3.42. The normalized spacial score (nSPS) is 12.2. The largest absolute Gasteiger partial charge is 0.496 e. The van der Waals surface area contributed by atoms with Crippen LogP contribution in [0.5, 0.6) is 5.75 Å². The van der Waals surface area contributed by atoms with Gasteiger partial charge in [-0.15, -0.1) is 0 Å². The zero-order chi connectivity index (χ0) is 19.4. The van der Waals surface area contributed by atoms with Gasteiger partial charge in [0, 0.05) is 5.56 Å². The molecule has 0 saturated carbocycles. The molecule has 0 heterocycles. The van der Waals surface area contributed by atoms with Gasteiger partial charge in [0.2, 0.25) is 0 Å². The summed E-state index contributed by atoms with van der Waals surface area (Å²) in [5.74, 6) is 1.10. The lowest BCUT2D eigenvalue weighted by Crippen LogP contribution is -2.29. The standard InChI is InChI=1S/C23H31NO2/c1-8-21(18-10-9-15(4)11-16(18)5)24-23(25)20-13-19(14(2)3)22(26-7)12-17(20)6/h9-14,21H,8H2,1-7H3,(H,24,25)/t21-/m1/s1. The molecule has 1 atom stereocenters. The predicted molar refractivity (Wildman–Crippen MR) is 108 cm³/mol. The third-order valence-corrected chi connectivity index (χ3v) is 4.96. The molecule has 0 aliphatic carbocycles. The maximum atomic E-state index is 13.0. The molecule has 0 spiro atoms. The molecule has 26 heavy (non-hydrogen) atoms. The molecule has 0 saturated heterocycles. The average Bonchev–Trinajstić information content (AvgIpc) is 2.59. The molecule has 3 heteroatoms. The summed E-state index contributed by atoms with van der Waals surface area (Å²) in [4.78, 5) is 13.0. The maximum absolute atomic E-state index is 13.0. The Balaban J connectivity index is 2.34. The highest BCUT2D eigenvalue weighted by Gasteiger charge is 2.20. The van der Waals surface area contributed by atoms with E-state index in [4.69, 9.17) is 4.74 Å². The van der Waals surface area contributed by atoms with Gasteiger partial charge in [-0.25, -0.2) is 0 Å². The summed E-state index contributed by atoms with van der Waals surface area (Å²) in [5, 5.41) is 3.22. The van der Waals surface area contributed by atoms with Crippen molar-refractivity contribution in [1.29, 1.82) is 0 Å². The van der Waals surface area contributed by atoms with E-state index in [-0.39, 0.29) is 11.9 Å². The molecule has 0 unspecified atom stereocenters. The lowest BCUT2D eigenvalue weighted by atomic mass is 9.94. The van der Waals surface area contributed by atoms with E-state index in [0.717, 1.165) is 28.9 Å². The molecule has 3 nitrogen and oxygen atoms in total. The Morgan fingerprint density at radius 1 is 1.04 bits per heavy atom. The molecule has 0 radical (unpaired) electrons. The Morgan fingerprint density at radius 2 is 1.73 bits per heavy atom. The minimum Gasteiger partial charge on any atom is -0.496 e. The molecule has 0 aliphatic heterocycles. The van der Waals surface area contributed by atoms with Crippen molar-refractivity contribution < 1.29 is 9.53 Å². The molecule has 1 N–H and O–H groups in total. The van der Waals surface area contributed by atoms with Gasteiger partial charge in [-0.05, 0) is 67.5 Å². The van der Waals surface area contributed by atoms with E-state index in [1.165, 1.54) is 16.7 Å². The van der Waals surface area contributed by atoms with Gasteiger partial charge in [-0.3, -0.25) is 4.79 Å². The minimum atomic E-state index is -0.0288. The van der Waals surface area contributed by atoms with Crippen LogP contribution in [0.1, 0.15) is 77.3 Å². The molecule has 2 aromatic rings. The lowest BCUT2D eigenvalue weighted by molar-refractivity contribution is 0.0934. The van der Waals surface area contributed by atoms with Crippen LogP contribution in [0.2, 0.25) is 0 Å². The number of carbonyl (C=O) groups excluding carboxylic acids is 1. The molecule has 0 aliphatic rings. The average molecular weight is 354 g/mol. The number of rotatable bonds is 6. The van der Waals surface area contributed by atoms with Crippen LogP contribution in [0.4, 0.5) is 0 Å². The predicted octanol–water partition coefficient (Wildman–Crippen LogP) is 5.62. The van der Waals surface area contributed by atoms with Gasteiger partial charge in [0.15, 0.2) is 0 Å². The number of nitrogens with one attached hydrogen (secondary N) is 1. The van der Waals surface area contributed by atoms with Gasteiger partial charge in [0.1, 0.15) is 5.75 Å².